The van der Waals surface area contributed by atoms with Crippen LogP contribution in [-0.2, 0) is 0 Å². The van der Waals surface area contributed by atoms with E-state index in [9.17, 15) is 4.79 Å². The second-order valence-electron chi connectivity index (χ2n) is 3.64. The molecule has 0 bridgehead atoms. The molecule has 1 aromatic carbocycles. The first-order valence-electron chi connectivity index (χ1n) is 5.10. The van der Waals surface area contributed by atoms with Crippen LogP contribution in [0.2, 0.25) is 0 Å². The van der Waals surface area contributed by atoms with Crippen molar-refractivity contribution in [2.75, 3.05) is 6.61 Å². The lowest BCUT2D eigenvalue weighted by Gasteiger charge is -2.14. The minimum Gasteiger partial charge on any atom is -0.395 e. The van der Waals surface area contributed by atoms with Gasteiger partial charge in [0.25, 0.3) is 0 Å². The van der Waals surface area contributed by atoms with Crippen LogP contribution in [-0.4, -0.2) is 28.0 Å². The van der Waals surface area contributed by atoms with Crippen LogP contribution >= 0.6 is 27.7 Å². The standard InChI is InChI=1S/C12H15BrO2S/c1-8(7-14)16-9(2)12(15)10-3-5-11(13)6-4-10/h3-6,8-9,14H,7H2,1-2H3. The molecule has 1 aromatic rings. The van der Waals surface area contributed by atoms with Crippen molar-refractivity contribution in [3.63, 3.8) is 0 Å². The summed E-state index contributed by atoms with van der Waals surface area (Å²) >= 11 is 4.83. The van der Waals surface area contributed by atoms with Crippen LogP contribution in [0.4, 0.5) is 0 Å². The van der Waals surface area contributed by atoms with Gasteiger partial charge in [-0.3, -0.25) is 4.79 Å². The summed E-state index contributed by atoms with van der Waals surface area (Å²) < 4.78 is 0.966. The largest absolute Gasteiger partial charge is 0.395 e. The van der Waals surface area contributed by atoms with Crippen LogP contribution in [0.1, 0.15) is 24.2 Å². The van der Waals surface area contributed by atoms with Crippen LogP contribution < -0.4 is 0 Å². The average Bonchev–Trinajstić information content (AvgIpc) is 2.28. The van der Waals surface area contributed by atoms with Crippen LogP contribution in [0, 0.1) is 0 Å². The summed E-state index contributed by atoms with van der Waals surface area (Å²) in [6, 6.07) is 7.35. The highest BCUT2D eigenvalue weighted by molar-refractivity contribution is 9.10. The zero-order valence-electron chi connectivity index (χ0n) is 9.31. The maximum Gasteiger partial charge on any atom is 0.175 e. The van der Waals surface area contributed by atoms with E-state index < -0.39 is 0 Å². The Morgan fingerprint density at radius 3 is 2.44 bits per heavy atom. The number of carbonyl (C=O) groups is 1. The summed E-state index contributed by atoms with van der Waals surface area (Å²) in [5.41, 5.74) is 0.716. The molecule has 0 fully saturated rings. The second-order valence-corrected chi connectivity index (χ2v) is 6.34. The molecule has 0 aromatic heterocycles. The number of thioether (sulfide) groups is 1. The van der Waals surface area contributed by atoms with Gasteiger partial charge in [0.1, 0.15) is 0 Å². The highest BCUT2D eigenvalue weighted by atomic mass is 79.9. The van der Waals surface area contributed by atoms with Crippen molar-refractivity contribution in [1.29, 1.82) is 0 Å². The molecule has 1 N–H and O–H groups in total. The van der Waals surface area contributed by atoms with E-state index in [1.54, 1.807) is 0 Å². The van der Waals surface area contributed by atoms with Gasteiger partial charge < -0.3 is 5.11 Å². The van der Waals surface area contributed by atoms with Gasteiger partial charge in [-0.05, 0) is 19.1 Å². The molecule has 1 rings (SSSR count). The Kier molecular flexibility index (Phi) is 5.52. The molecule has 88 valence electrons. The van der Waals surface area contributed by atoms with Crippen molar-refractivity contribution in [3.05, 3.63) is 34.3 Å². The number of Topliss-reactive ketones (excluding diaryl/α,β-unsaturated/α-hetero) is 1. The fourth-order valence-electron chi connectivity index (χ4n) is 1.30. The third kappa shape index (κ3) is 3.92. The first-order chi connectivity index (χ1) is 7.54. The Labute approximate surface area is 109 Å². The van der Waals surface area contributed by atoms with Gasteiger partial charge >= 0.3 is 0 Å². The van der Waals surface area contributed by atoms with Gasteiger partial charge in [0, 0.05) is 15.3 Å². The minimum absolute atomic E-state index is 0.0920. The van der Waals surface area contributed by atoms with E-state index in [1.165, 1.54) is 11.8 Å². The fraction of sp³-hybridized carbons (Fsp3) is 0.417. The van der Waals surface area contributed by atoms with Gasteiger partial charge in [0.05, 0.1) is 11.9 Å². The SMILES string of the molecule is CC(CO)SC(C)C(=O)c1ccc(Br)cc1. The van der Waals surface area contributed by atoms with Gasteiger partial charge in [-0.25, -0.2) is 0 Å². The van der Waals surface area contributed by atoms with Crippen LogP contribution in [0.25, 0.3) is 0 Å². The second kappa shape index (κ2) is 6.42. The minimum atomic E-state index is -0.122. The molecule has 0 aliphatic heterocycles. The number of hydrogen-bond acceptors (Lipinski definition) is 3. The van der Waals surface area contributed by atoms with E-state index in [2.05, 4.69) is 15.9 Å². The van der Waals surface area contributed by atoms with Gasteiger partial charge in [-0.2, -0.15) is 0 Å². The zero-order valence-corrected chi connectivity index (χ0v) is 11.7. The van der Waals surface area contributed by atoms with Crippen molar-refractivity contribution < 1.29 is 9.90 Å². The quantitative estimate of drug-likeness (QED) is 0.849. The summed E-state index contributed by atoms with van der Waals surface area (Å²) in [7, 11) is 0. The zero-order chi connectivity index (χ0) is 12.1. The van der Waals surface area contributed by atoms with E-state index in [4.69, 9.17) is 5.11 Å². The molecule has 16 heavy (non-hydrogen) atoms. The molecule has 2 atom stereocenters. The number of aliphatic hydroxyl groups is 1. The molecule has 2 nitrogen and oxygen atoms in total. The van der Waals surface area contributed by atoms with E-state index >= 15 is 0 Å². The topological polar surface area (TPSA) is 37.3 Å². The third-order valence-electron chi connectivity index (χ3n) is 2.19. The third-order valence-corrected chi connectivity index (χ3v) is 3.96. The predicted octanol–water partition coefficient (Wildman–Crippen LogP) is 3.13. The van der Waals surface area contributed by atoms with Crippen molar-refractivity contribution in [2.45, 2.75) is 24.3 Å². The number of rotatable bonds is 5. The first kappa shape index (κ1) is 13.7. The molecule has 0 saturated carbocycles. The molecule has 0 aliphatic rings. The molecule has 0 amide bonds. The molecular formula is C12H15BrO2S. The van der Waals surface area contributed by atoms with Crippen LogP contribution in [0.3, 0.4) is 0 Å². The molecule has 0 aliphatic carbocycles. The molecule has 0 heterocycles. The lowest BCUT2D eigenvalue weighted by atomic mass is 10.1. The monoisotopic (exact) mass is 302 g/mol. The summed E-state index contributed by atoms with van der Waals surface area (Å²) in [5, 5.41) is 8.90. The Morgan fingerprint density at radius 1 is 1.38 bits per heavy atom. The van der Waals surface area contributed by atoms with Crippen molar-refractivity contribution >= 4 is 33.5 Å². The Balaban J connectivity index is 2.67. The number of halogens is 1. The van der Waals surface area contributed by atoms with E-state index in [1.807, 2.05) is 38.1 Å². The number of ketones is 1. The molecular weight excluding hydrogens is 288 g/mol. The maximum atomic E-state index is 12.0. The van der Waals surface area contributed by atoms with E-state index in [0.29, 0.717) is 5.56 Å². The van der Waals surface area contributed by atoms with Gasteiger partial charge in [0.2, 0.25) is 0 Å². The summed E-state index contributed by atoms with van der Waals surface area (Å²) in [4.78, 5) is 12.0. The number of aliphatic hydroxyl groups excluding tert-OH is 1. The van der Waals surface area contributed by atoms with Crippen LogP contribution in [0.15, 0.2) is 28.7 Å². The van der Waals surface area contributed by atoms with Gasteiger partial charge in [-0.1, -0.05) is 35.0 Å². The first-order valence-corrected chi connectivity index (χ1v) is 6.84. The van der Waals surface area contributed by atoms with Crippen molar-refractivity contribution in [1.82, 2.24) is 0 Å². The summed E-state index contributed by atoms with van der Waals surface area (Å²) in [6.45, 7) is 3.89. The molecule has 0 saturated heterocycles. The molecule has 0 radical (unpaired) electrons. The van der Waals surface area contributed by atoms with Gasteiger partial charge in [-0.15, -0.1) is 11.8 Å². The Hall–Kier alpha value is -0.320. The molecule has 2 unspecified atom stereocenters. The highest BCUT2D eigenvalue weighted by Gasteiger charge is 2.17. The maximum absolute atomic E-state index is 12.0. The smallest absolute Gasteiger partial charge is 0.175 e. The normalized spacial score (nSPS) is 14.5. The lowest BCUT2D eigenvalue weighted by Crippen LogP contribution is -2.18. The Bertz CT molecular complexity index is 351. The van der Waals surface area contributed by atoms with Crippen molar-refractivity contribution in [3.8, 4) is 0 Å². The number of benzene rings is 1. The summed E-state index contributed by atoms with van der Waals surface area (Å²) in [6.07, 6.45) is 0. The molecule has 4 heteroatoms. The van der Waals surface area contributed by atoms with Crippen LogP contribution in [0.5, 0.6) is 0 Å². The lowest BCUT2D eigenvalue weighted by molar-refractivity contribution is 0.0993. The van der Waals surface area contributed by atoms with E-state index in [0.717, 1.165) is 4.47 Å². The Morgan fingerprint density at radius 2 is 1.94 bits per heavy atom. The summed E-state index contributed by atoms with van der Waals surface area (Å²) in [5.74, 6) is 0.109. The molecule has 0 spiro atoms. The highest BCUT2D eigenvalue weighted by Crippen LogP contribution is 2.21. The number of hydrogen-bond donors (Lipinski definition) is 1. The predicted molar refractivity (Wildman–Crippen MR) is 72.1 cm³/mol. The number of carbonyl (C=O) groups excluding carboxylic acids is 1. The fourth-order valence-corrected chi connectivity index (χ4v) is 2.61. The van der Waals surface area contributed by atoms with Gasteiger partial charge in [0.15, 0.2) is 5.78 Å². The van der Waals surface area contributed by atoms with E-state index in [-0.39, 0.29) is 22.9 Å². The van der Waals surface area contributed by atoms with Crippen molar-refractivity contribution in [2.24, 2.45) is 0 Å². The average molecular weight is 303 g/mol.